The van der Waals surface area contributed by atoms with Crippen LogP contribution in [0.2, 0.25) is 5.02 Å². The lowest BCUT2D eigenvalue weighted by atomic mass is 10.1. The first-order chi connectivity index (χ1) is 9.63. The molecule has 0 radical (unpaired) electrons. The fraction of sp³-hybridized carbons (Fsp3) is 0.571. The Balaban J connectivity index is 1.86. The highest BCUT2D eigenvalue weighted by Crippen LogP contribution is 2.21. The predicted molar refractivity (Wildman–Crippen MR) is 75.9 cm³/mol. The third-order valence-electron chi connectivity index (χ3n) is 3.86. The number of amides is 1. The second kappa shape index (κ2) is 5.68. The predicted octanol–water partition coefficient (Wildman–Crippen LogP) is 1.14. The molecule has 108 valence electrons. The SMILES string of the molecule is CN1C[C@@H]2COC[C@H](C1)N(C(=O)c1cncc(Cl)c1)C2. The zero-order chi connectivity index (χ0) is 14.1. The molecule has 0 unspecified atom stereocenters. The van der Waals surface area contributed by atoms with Gasteiger partial charge in [-0.15, -0.1) is 0 Å². The van der Waals surface area contributed by atoms with Crippen LogP contribution in [0.25, 0.3) is 0 Å². The summed E-state index contributed by atoms with van der Waals surface area (Å²) in [5.41, 5.74) is 0.549. The Morgan fingerprint density at radius 1 is 1.35 bits per heavy atom. The van der Waals surface area contributed by atoms with Crippen molar-refractivity contribution in [1.82, 2.24) is 14.8 Å². The van der Waals surface area contributed by atoms with Gasteiger partial charge in [0, 0.05) is 37.9 Å². The van der Waals surface area contributed by atoms with Gasteiger partial charge in [0.05, 0.1) is 29.8 Å². The fourth-order valence-electron chi connectivity index (χ4n) is 3.02. The molecule has 2 fully saturated rings. The number of nitrogens with zero attached hydrogens (tertiary/aromatic N) is 3. The van der Waals surface area contributed by atoms with Gasteiger partial charge in [0.1, 0.15) is 0 Å². The number of pyridine rings is 1. The van der Waals surface area contributed by atoms with Gasteiger partial charge in [-0.25, -0.2) is 0 Å². The van der Waals surface area contributed by atoms with Gasteiger partial charge in [-0.3, -0.25) is 9.78 Å². The summed E-state index contributed by atoms with van der Waals surface area (Å²) in [6, 6.07) is 1.77. The van der Waals surface area contributed by atoms with Crippen molar-refractivity contribution in [3.63, 3.8) is 0 Å². The van der Waals surface area contributed by atoms with Crippen LogP contribution in [0.5, 0.6) is 0 Å². The van der Waals surface area contributed by atoms with Crippen LogP contribution in [-0.4, -0.2) is 66.6 Å². The smallest absolute Gasteiger partial charge is 0.255 e. The van der Waals surface area contributed by atoms with E-state index in [4.69, 9.17) is 16.3 Å². The van der Waals surface area contributed by atoms with Gasteiger partial charge in [-0.2, -0.15) is 0 Å². The van der Waals surface area contributed by atoms with E-state index in [0.717, 1.165) is 26.2 Å². The third kappa shape index (κ3) is 2.80. The number of likely N-dealkylation sites (N-methyl/N-ethyl adjacent to an activating group) is 1. The standard InChI is InChI=1S/C14H18ClN3O2/c1-17-5-10-6-18(13(7-17)9-20-8-10)14(19)11-2-12(15)4-16-3-11/h2-4,10,13H,5-9H2,1H3/t10-,13-/m0/s1. The molecule has 3 heterocycles. The maximum Gasteiger partial charge on any atom is 0.255 e. The van der Waals surface area contributed by atoms with Gasteiger partial charge in [0.15, 0.2) is 0 Å². The Morgan fingerprint density at radius 3 is 3.00 bits per heavy atom. The number of carbonyl (C=O) groups is 1. The van der Waals surface area contributed by atoms with Crippen molar-refractivity contribution >= 4 is 17.5 Å². The number of hydrogen-bond donors (Lipinski definition) is 0. The van der Waals surface area contributed by atoms with E-state index in [2.05, 4.69) is 16.9 Å². The average molecular weight is 296 g/mol. The molecule has 6 heteroatoms. The first-order valence-corrected chi connectivity index (χ1v) is 7.19. The first-order valence-electron chi connectivity index (χ1n) is 6.81. The fourth-order valence-corrected chi connectivity index (χ4v) is 3.19. The van der Waals surface area contributed by atoms with E-state index >= 15 is 0 Å². The van der Waals surface area contributed by atoms with Crippen molar-refractivity contribution in [2.45, 2.75) is 6.04 Å². The maximum atomic E-state index is 12.7. The molecule has 2 bridgehead atoms. The molecule has 0 aromatic carbocycles. The van der Waals surface area contributed by atoms with E-state index in [9.17, 15) is 4.79 Å². The summed E-state index contributed by atoms with van der Waals surface area (Å²) < 4.78 is 5.69. The minimum absolute atomic E-state index is 0.00389. The molecule has 1 amide bonds. The summed E-state index contributed by atoms with van der Waals surface area (Å²) in [4.78, 5) is 20.9. The number of carbonyl (C=O) groups excluding carboxylic acids is 1. The summed E-state index contributed by atoms with van der Waals surface area (Å²) in [7, 11) is 2.10. The van der Waals surface area contributed by atoms with Crippen molar-refractivity contribution in [2.75, 3.05) is 39.9 Å². The lowest BCUT2D eigenvalue weighted by Crippen LogP contribution is -2.46. The molecular weight excluding hydrogens is 278 g/mol. The largest absolute Gasteiger partial charge is 0.379 e. The second-order valence-corrected chi connectivity index (χ2v) is 6.06. The molecule has 0 N–H and O–H groups in total. The normalized spacial score (nSPS) is 27.2. The van der Waals surface area contributed by atoms with Gasteiger partial charge in [-0.05, 0) is 13.1 Å². The highest BCUT2D eigenvalue weighted by molar-refractivity contribution is 6.30. The molecule has 2 saturated heterocycles. The van der Waals surface area contributed by atoms with E-state index < -0.39 is 0 Å². The van der Waals surface area contributed by atoms with Gasteiger partial charge < -0.3 is 14.5 Å². The zero-order valence-corrected chi connectivity index (χ0v) is 12.2. The van der Waals surface area contributed by atoms with Crippen molar-refractivity contribution in [3.05, 3.63) is 29.0 Å². The molecule has 3 rings (SSSR count). The van der Waals surface area contributed by atoms with E-state index in [-0.39, 0.29) is 11.9 Å². The Bertz CT molecular complexity index is 511. The molecule has 20 heavy (non-hydrogen) atoms. The van der Waals surface area contributed by atoms with Crippen molar-refractivity contribution in [1.29, 1.82) is 0 Å². The Kier molecular flexibility index (Phi) is 3.92. The first kappa shape index (κ1) is 13.8. The topological polar surface area (TPSA) is 45.7 Å². The summed E-state index contributed by atoms with van der Waals surface area (Å²) in [6.45, 7) is 3.86. The minimum Gasteiger partial charge on any atom is -0.379 e. The van der Waals surface area contributed by atoms with Crippen molar-refractivity contribution in [2.24, 2.45) is 5.92 Å². The molecule has 0 aliphatic carbocycles. The zero-order valence-electron chi connectivity index (χ0n) is 11.5. The Hall–Kier alpha value is -1.17. The molecule has 2 aliphatic rings. The van der Waals surface area contributed by atoms with E-state index in [1.165, 1.54) is 6.20 Å². The van der Waals surface area contributed by atoms with Crippen LogP contribution in [0, 0.1) is 5.92 Å². The highest BCUT2D eigenvalue weighted by atomic mass is 35.5. The molecule has 5 nitrogen and oxygen atoms in total. The maximum absolute atomic E-state index is 12.7. The van der Waals surface area contributed by atoms with Crippen LogP contribution in [0.4, 0.5) is 0 Å². The van der Waals surface area contributed by atoms with Crippen LogP contribution in [0.3, 0.4) is 0 Å². The van der Waals surface area contributed by atoms with Gasteiger partial charge in [0.2, 0.25) is 0 Å². The summed E-state index contributed by atoms with van der Waals surface area (Å²) in [5, 5.41) is 0.488. The number of hydrogen-bond acceptors (Lipinski definition) is 4. The second-order valence-electron chi connectivity index (χ2n) is 5.63. The van der Waals surface area contributed by atoms with Crippen LogP contribution in [0.15, 0.2) is 18.5 Å². The molecule has 2 atom stereocenters. The summed E-state index contributed by atoms with van der Waals surface area (Å²) in [5.74, 6) is 0.361. The van der Waals surface area contributed by atoms with Crippen LogP contribution < -0.4 is 0 Å². The van der Waals surface area contributed by atoms with E-state index in [1.54, 1.807) is 12.3 Å². The average Bonchev–Trinajstić information content (AvgIpc) is 2.68. The summed E-state index contributed by atoms with van der Waals surface area (Å²) in [6.07, 6.45) is 3.11. The van der Waals surface area contributed by atoms with E-state index in [1.807, 2.05) is 4.90 Å². The number of rotatable bonds is 1. The lowest BCUT2D eigenvalue weighted by molar-refractivity contribution is 0.0483. The van der Waals surface area contributed by atoms with E-state index in [0.29, 0.717) is 23.1 Å². The number of ether oxygens (including phenoxy) is 1. The van der Waals surface area contributed by atoms with Crippen LogP contribution in [-0.2, 0) is 4.74 Å². The molecule has 2 aliphatic heterocycles. The molecule has 0 saturated carbocycles. The van der Waals surface area contributed by atoms with Crippen molar-refractivity contribution < 1.29 is 9.53 Å². The van der Waals surface area contributed by atoms with Gasteiger partial charge in [-0.1, -0.05) is 11.6 Å². The lowest BCUT2D eigenvalue weighted by Gasteiger charge is -2.29. The monoisotopic (exact) mass is 295 g/mol. The quantitative estimate of drug-likeness (QED) is 0.779. The molecular formula is C14H18ClN3O2. The van der Waals surface area contributed by atoms with Crippen molar-refractivity contribution in [3.8, 4) is 0 Å². The number of fused-ring (bicyclic) bond motifs is 3. The highest BCUT2D eigenvalue weighted by Gasteiger charge is 2.35. The molecule has 0 spiro atoms. The number of aromatic nitrogens is 1. The molecule has 1 aromatic rings. The van der Waals surface area contributed by atoms with Crippen LogP contribution in [0.1, 0.15) is 10.4 Å². The minimum atomic E-state index is -0.00389. The summed E-state index contributed by atoms with van der Waals surface area (Å²) >= 11 is 5.93. The van der Waals surface area contributed by atoms with Crippen LogP contribution >= 0.6 is 11.6 Å². The molecule has 1 aromatic heterocycles. The Labute approximate surface area is 123 Å². The Morgan fingerprint density at radius 2 is 2.20 bits per heavy atom. The van der Waals surface area contributed by atoms with Gasteiger partial charge in [0.25, 0.3) is 5.91 Å². The van der Waals surface area contributed by atoms with Gasteiger partial charge >= 0.3 is 0 Å². The number of halogens is 1. The third-order valence-corrected chi connectivity index (χ3v) is 4.07.